The van der Waals surface area contributed by atoms with Crippen molar-refractivity contribution in [2.45, 2.75) is 6.42 Å². The number of esters is 1. The van der Waals surface area contributed by atoms with Gasteiger partial charge in [0, 0.05) is 12.7 Å². The highest BCUT2D eigenvalue weighted by Gasteiger charge is 2.07. The van der Waals surface area contributed by atoms with Crippen molar-refractivity contribution in [2.24, 2.45) is 0 Å². The van der Waals surface area contributed by atoms with Gasteiger partial charge in [-0.3, -0.25) is 9.78 Å². The predicted octanol–water partition coefficient (Wildman–Crippen LogP) is 0.464. The highest BCUT2D eigenvalue weighted by molar-refractivity contribution is 5.92. The standard InChI is InChI=1S/C11H13N3O5/c1-19-9(15)2-3-13-11(18)14-8-4-7(10(16)17)5-12-6-8/h4-6H,2-3H2,1H3,(H,16,17)(H2,13,14,18). The van der Waals surface area contributed by atoms with Gasteiger partial charge in [0.15, 0.2) is 0 Å². The molecule has 0 aliphatic rings. The van der Waals surface area contributed by atoms with E-state index in [4.69, 9.17) is 5.11 Å². The topological polar surface area (TPSA) is 118 Å². The largest absolute Gasteiger partial charge is 0.478 e. The summed E-state index contributed by atoms with van der Waals surface area (Å²) in [5.41, 5.74) is 0.211. The van der Waals surface area contributed by atoms with Crippen LogP contribution in [0.2, 0.25) is 0 Å². The number of nitrogens with one attached hydrogen (secondary N) is 2. The molecule has 0 bridgehead atoms. The van der Waals surface area contributed by atoms with Crippen molar-refractivity contribution in [3.63, 3.8) is 0 Å². The number of pyridine rings is 1. The first-order chi connectivity index (χ1) is 9.02. The molecule has 19 heavy (non-hydrogen) atoms. The van der Waals surface area contributed by atoms with Gasteiger partial charge in [0.05, 0.1) is 31.0 Å². The van der Waals surface area contributed by atoms with Crippen LogP contribution in [0.1, 0.15) is 16.8 Å². The molecule has 0 saturated heterocycles. The summed E-state index contributed by atoms with van der Waals surface area (Å²) < 4.78 is 4.41. The second kappa shape index (κ2) is 6.94. The number of carboxylic acids is 1. The highest BCUT2D eigenvalue weighted by Crippen LogP contribution is 2.07. The van der Waals surface area contributed by atoms with E-state index < -0.39 is 18.0 Å². The van der Waals surface area contributed by atoms with E-state index in [1.165, 1.54) is 25.6 Å². The molecule has 2 amide bonds. The normalized spacial score (nSPS) is 9.53. The number of amides is 2. The zero-order valence-electron chi connectivity index (χ0n) is 10.2. The maximum absolute atomic E-state index is 11.4. The summed E-state index contributed by atoms with van der Waals surface area (Å²) in [4.78, 5) is 36.6. The lowest BCUT2D eigenvalue weighted by molar-refractivity contribution is -0.140. The molecule has 0 spiro atoms. The molecular weight excluding hydrogens is 254 g/mol. The van der Waals surface area contributed by atoms with Crippen molar-refractivity contribution in [1.29, 1.82) is 0 Å². The molecule has 0 aliphatic heterocycles. The van der Waals surface area contributed by atoms with Crippen molar-refractivity contribution >= 4 is 23.7 Å². The zero-order chi connectivity index (χ0) is 14.3. The van der Waals surface area contributed by atoms with Crippen molar-refractivity contribution in [3.05, 3.63) is 24.0 Å². The molecule has 0 unspecified atom stereocenters. The Hall–Kier alpha value is -2.64. The fourth-order valence-corrected chi connectivity index (χ4v) is 1.18. The maximum atomic E-state index is 11.4. The van der Waals surface area contributed by atoms with Crippen LogP contribution in [0.3, 0.4) is 0 Å². The van der Waals surface area contributed by atoms with E-state index in [2.05, 4.69) is 20.4 Å². The Labute approximate surface area is 108 Å². The molecule has 0 saturated carbocycles. The molecule has 1 rings (SSSR count). The minimum absolute atomic E-state index is 0.0349. The van der Waals surface area contributed by atoms with Crippen LogP contribution >= 0.6 is 0 Å². The Morgan fingerprint density at radius 3 is 2.74 bits per heavy atom. The predicted molar refractivity (Wildman–Crippen MR) is 64.9 cm³/mol. The van der Waals surface area contributed by atoms with Gasteiger partial charge in [0.25, 0.3) is 0 Å². The molecule has 0 radical (unpaired) electrons. The fourth-order valence-electron chi connectivity index (χ4n) is 1.18. The molecular formula is C11H13N3O5. The van der Waals surface area contributed by atoms with Crippen LogP contribution in [-0.2, 0) is 9.53 Å². The third-order valence-corrected chi connectivity index (χ3v) is 2.09. The smallest absolute Gasteiger partial charge is 0.337 e. The fraction of sp³-hybridized carbons (Fsp3) is 0.273. The van der Waals surface area contributed by atoms with E-state index in [1.807, 2.05) is 0 Å². The molecule has 0 aromatic carbocycles. The van der Waals surface area contributed by atoms with E-state index in [-0.39, 0.29) is 24.2 Å². The van der Waals surface area contributed by atoms with Gasteiger partial charge in [-0.15, -0.1) is 0 Å². The number of aromatic nitrogens is 1. The third-order valence-electron chi connectivity index (χ3n) is 2.09. The first kappa shape index (κ1) is 14.4. The van der Waals surface area contributed by atoms with Gasteiger partial charge >= 0.3 is 18.0 Å². The second-order valence-electron chi connectivity index (χ2n) is 3.47. The van der Waals surface area contributed by atoms with Gasteiger partial charge in [-0.1, -0.05) is 0 Å². The molecule has 0 aliphatic carbocycles. The van der Waals surface area contributed by atoms with Crippen molar-refractivity contribution in [1.82, 2.24) is 10.3 Å². The molecule has 1 aromatic rings. The average Bonchev–Trinajstić information content (AvgIpc) is 2.38. The number of carbonyl (C=O) groups excluding carboxylic acids is 2. The van der Waals surface area contributed by atoms with Gasteiger partial charge in [-0.2, -0.15) is 0 Å². The van der Waals surface area contributed by atoms with Crippen LogP contribution in [0.15, 0.2) is 18.5 Å². The summed E-state index contributed by atoms with van der Waals surface area (Å²) in [5.74, 6) is -1.57. The average molecular weight is 267 g/mol. The third kappa shape index (κ3) is 5.02. The second-order valence-corrected chi connectivity index (χ2v) is 3.47. The molecule has 0 atom stereocenters. The van der Waals surface area contributed by atoms with E-state index in [9.17, 15) is 14.4 Å². The minimum Gasteiger partial charge on any atom is -0.478 e. The monoisotopic (exact) mass is 267 g/mol. The van der Waals surface area contributed by atoms with Crippen LogP contribution in [0.4, 0.5) is 10.5 Å². The van der Waals surface area contributed by atoms with Crippen LogP contribution in [0, 0.1) is 0 Å². The number of urea groups is 1. The summed E-state index contributed by atoms with van der Waals surface area (Å²) in [7, 11) is 1.26. The number of carboxylic acid groups (broad SMARTS) is 1. The Bertz CT molecular complexity index is 489. The SMILES string of the molecule is COC(=O)CCNC(=O)Nc1cncc(C(=O)O)c1. The first-order valence-corrected chi connectivity index (χ1v) is 5.33. The highest BCUT2D eigenvalue weighted by atomic mass is 16.5. The van der Waals surface area contributed by atoms with Gasteiger partial charge in [-0.25, -0.2) is 9.59 Å². The molecule has 1 aromatic heterocycles. The van der Waals surface area contributed by atoms with Crippen molar-refractivity contribution in [3.8, 4) is 0 Å². The Morgan fingerprint density at radius 2 is 2.11 bits per heavy atom. The first-order valence-electron chi connectivity index (χ1n) is 5.33. The summed E-state index contributed by atoms with van der Waals surface area (Å²) in [6.07, 6.45) is 2.53. The van der Waals surface area contributed by atoms with Crippen molar-refractivity contribution in [2.75, 3.05) is 19.0 Å². The summed E-state index contributed by atoms with van der Waals surface area (Å²) in [5, 5.41) is 13.6. The molecule has 3 N–H and O–H groups in total. The van der Waals surface area contributed by atoms with Gasteiger partial charge < -0.3 is 20.5 Å². The molecule has 1 heterocycles. The van der Waals surface area contributed by atoms with E-state index in [0.717, 1.165) is 0 Å². The van der Waals surface area contributed by atoms with Crippen molar-refractivity contribution < 1.29 is 24.2 Å². The van der Waals surface area contributed by atoms with Gasteiger partial charge in [0.2, 0.25) is 0 Å². The van der Waals surface area contributed by atoms with E-state index >= 15 is 0 Å². The lowest BCUT2D eigenvalue weighted by atomic mass is 10.3. The molecule has 0 fully saturated rings. The zero-order valence-corrected chi connectivity index (χ0v) is 10.2. The number of carbonyl (C=O) groups is 3. The Balaban J connectivity index is 2.46. The number of nitrogens with zero attached hydrogens (tertiary/aromatic N) is 1. The lowest BCUT2D eigenvalue weighted by Gasteiger charge is -2.07. The quantitative estimate of drug-likeness (QED) is 0.667. The minimum atomic E-state index is -1.14. The number of rotatable bonds is 5. The number of ether oxygens (including phenoxy) is 1. The summed E-state index contributed by atoms with van der Waals surface area (Å²) in [6.45, 7) is 0.116. The lowest BCUT2D eigenvalue weighted by Crippen LogP contribution is -2.30. The van der Waals surface area contributed by atoms with Crippen LogP contribution in [0.25, 0.3) is 0 Å². The Morgan fingerprint density at radius 1 is 1.37 bits per heavy atom. The number of anilines is 1. The van der Waals surface area contributed by atoms with E-state index in [0.29, 0.717) is 0 Å². The molecule has 8 nitrogen and oxygen atoms in total. The van der Waals surface area contributed by atoms with E-state index in [1.54, 1.807) is 0 Å². The molecule has 102 valence electrons. The summed E-state index contributed by atoms with van der Waals surface area (Å²) in [6, 6.07) is 0.711. The number of hydrogen-bond acceptors (Lipinski definition) is 5. The van der Waals surface area contributed by atoms with Gasteiger partial charge in [-0.05, 0) is 6.07 Å². The molecule has 8 heteroatoms. The van der Waals surface area contributed by atoms with Gasteiger partial charge in [0.1, 0.15) is 0 Å². The van der Waals surface area contributed by atoms with Crippen LogP contribution < -0.4 is 10.6 Å². The summed E-state index contributed by atoms with van der Waals surface area (Å²) >= 11 is 0. The number of methoxy groups -OCH3 is 1. The van der Waals surface area contributed by atoms with Crippen LogP contribution in [0.5, 0.6) is 0 Å². The maximum Gasteiger partial charge on any atom is 0.337 e. The van der Waals surface area contributed by atoms with Crippen LogP contribution in [-0.4, -0.2) is 41.7 Å². The number of hydrogen-bond donors (Lipinski definition) is 3. The Kier molecular flexibility index (Phi) is 5.27. The number of aromatic carboxylic acids is 1.